The van der Waals surface area contributed by atoms with Gasteiger partial charge in [0.1, 0.15) is 0 Å². The van der Waals surface area contributed by atoms with Gasteiger partial charge >= 0.3 is 0 Å². The van der Waals surface area contributed by atoms with Gasteiger partial charge in [0.05, 0.1) is 30.2 Å². The summed E-state index contributed by atoms with van der Waals surface area (Å²) >= 11 is 1.67. The molecule has 3 amide bonds. The zero-order valence-electron chi connectivity index (χ0n) is 28.8. The lowest BCUT2D eigenvalue weighted by molar-refractivity contribution is -0.245. The van der Waals surface area contributed by atoms with Crippen molar-refractivity contribution in [2.24, 2.45) is 0 Å². The first kappa shape index (κ1) is 37.6. The Bertz CT molecular complexity index is 1750. The highest BCUT2D eigenvalue weighted by Crippen LogP contribution is 2.40. The predicted octanol–water partition coefficient (Wildman–Crippen LogP) is 7.98. The fourth-order valence-electron chi connectivity index (χ4n) is 5.78. The molecule has 1 heterocycles. The number of anilines is 4. The first-order valence-corrected chi connectivity index (χ1v) is 18.3. The molecule has 0 spiro atoms. The monoisotopic (exact) mass is 710 g/mol. The smallest absolute Gasteiger partial charge is 0.224 e. The molecule has 0 unspecified atom stereocenters. The van der Waals surface area contributed by atoms with Crippen molar-refractivity contribution in [1.29, 1.82) is 0 Å². The molecule has 51 heavy (non-hydrogen) atoms. The summed E-state index contributed by atoms with van der Waals surface area (Å²) in [5.74, 6) is 0.435. The van der Waals surface area contributed by atoms with Crippen molar-refractivity contribution in [1.82, 2.24) is 0 Å². The van der Waals surface area contributed by atoms with Crippen LogP contribution in [0.5, 0.6) is 0 Å². The van der Waals surface area contributed by atoms with Gasteiger partial charge in [0, 0.05) is 53.8 Å². The second-order valence-electron chi connectivity index (χ2n) is 12.6. The van der Waals surface area contributed by atoms with E-state index in [1.54, 1.807) is 23.9 Å². The zero-order chi connectivity index (χ0) is 36.0. The third kappa shape index (κ3) is 12.0. The molecule has 0 bridgehead atoms. The second kappa shape index (κ2) is 19.1. The van der Waals surface area contributed by atoms with E-state index < -0.39 is 6.29 Å². The summed E-state index contributed by atoms with van der Waals surface area (Å²) < 4.78 is 13.0. The molecular weight excluding hydrogens is 665 g/mol. The number of hydrogen-bond donors (Lipinski definition) is 5. The normalized spacial score (nSPS) is 17.0. The Morgan fingerprint density at radius 2 is 1.47 bits per heavy atom. The van der Waals surface area contributed by atoms with Gasteiger partial charge in [0.25, 0.3) is 0 Å². The maximum absolute atomic E-state index is 12.8. The van der Waals surface area contributed by atoms with Crippen molar-refractivity contribution in [3.8, 4) is 0 Å². The molecule has 0 radical (unpaired) electrons. The maximum Gasteiger partial charge on any atom is 0.224 e. The summed E-state index contributed by atoms with van der Waals surface area (Å²) in [7, 11) is 0. The van der Waals surface area contributed by atoms with Crippen molar-refractivity contribution in [2.45, 2.75) is 81.9 Å². The van der Waals surface area contributed by atoms with Crippen LogP contribution in [0.25, 0.3) is 0 Å². The van der Waals surface area contributed by atoms with Crippen LogP contribution in [-0.4, -0.2) is 34.7 Å². The Kier molecular flexibility index (Phi) is 14.1. The summed E-state index contributed by atoms with van der Waals surface area (Å²) in [6.45, 7) is 1.46. The molecule has 0 saturated carbocycles. The highest BCUT2D eigenvalue weighted by molar-refractivity contribution is 7.99. The van der Waals surface area contributed by atoms with E-state index in [-0.39, 0.29) is 36.5 Å². The Balaban J connectivity index is 1.13. The summed E-state index contributed by atoms with van der Waals surface area (Å²) in [5.41, 5.74) is 11.1. The van der Waals surface area contributed by atoms with E-state index in [1.807, 2.05) is 84.9 Å². The number of carbonyl (C=O) groups excluding carboxylic acids is 3. The maximum atomic E-state index is 12.8. The number of amides is 3. The van der Waals surface area contributed by atoms with Crippen molar-refractivity contribution in [3.63, 3.8) is 0 Å². The minimum Gasteiger partial charge on any atom is -0.397 e. The number of nitrogen functional groups attached to an aromatic ring is 1. The number of aliphatic hydroxyl groups is 1. The van der Waals surface area contributed by atoms with E-state index in [1.165, 1.54) is 6.92 Å². The standard InChI is InChI=1S/C40H46N4O6S/c1-27(46)42-31-19-21-34(22-20-31)51-26-33-24-37(29-17-15-28(25-45)16-18-29)50-40(49-33)30-9-8-10-32(23-30)43-38(47)13-4-2-3-5-14-39(48)44-36-12-7-6-11-35(36)41/h6-12,15-23,33,37,40,45H,2-5,13-14,24-26,41H2,1H3,(H,42,46)(H,43,47)(H,44,48)/t33-,37+,40+/m1/s1. The van der Waals surface area contributed by atoms with Gasteiger partial charge in [0.15, 0.2) is 6.29 Å². The molecule has 10 nitrogen and oxygen atoms in total. The number of nitrogens with one attached hydrogen (secondary N) is 3. The number of unbranched alkanes of at least 4 members (excludes halogenated alkanes) is 3. The van der Waals surface area contributed by atoms with E-state index in [9.17, 15) is 19.5 Å². The lowest BCUT2D eigenvalue weighted by Gasteiger charge is -2.36. The fourth-order valence-corrected chi connectivity index (χ4v) is 6.71. The van der Waals surface area contributed by atoms with Crippen molar-refractivity contribution in [3.05, 3.63) is 114 Å². The second-order valence-corrected chi connectivity index (χ2v) is 13.7. The molecule has 268 valence electrons. The number of benzene rings is 4. The average molecular weight is 711 g/mol. The third-order valence-electron chi connectivity index (χ3n) is 8.46. The van der Waals surface area contributed by atoms with Gasteiger partial charge in [-0.15, -0.1) is 11.8 Å². The van der Waals surface area contributed by atoms with Gasteiger partial charge in [-0.05, 0) is 72.5 Å². The van der Waals surface area contributed by atoms with E-state index >= 15 is 0 Å². The van der Waals surface area contributed by atoms with Gasteiger partial charge in [-0.3, -0.25) is 14.4 Å². The summed E-state index contributed by atoms with van der Waals surface area (Å²) in [6, 6.07) is 30.2. The summed E-state index contributed by atoms with van der Waals surface area (Å²) in [6.07, 6.45) is 3.57. The first-order valence-electron chi connectivity index (χ1n) is 17.3. The number of para-hydroxylation sites is 2. The number of nitrogens with two attached hydrogens (primary N) is 1. The minimum atomic E-state index is -0.651. The SMILES string of the molecule is CC(=O)Nc1ccc(SC[C@H]2C[C@@H](c3ccc(CO)cc3)O[C@@H](c3cccc(NC(=O)CCCCCCC(=O)Nc4ccccc4N)c3)O2)cc1. The van der Waals surface area contributed by atoms with Crippen LogP contribution in [0, 0.1) is 0 Å². The molecule has 4 aromatic rings. The highest BCUT2D eigenvalue weighted by atomic mass is 32.2. The number of hydrogen-bond acceptors (Lipinski definition) is 8. The van der Waals surface area contributed by atoms with Gasteiger partial charge < -0.3 is 36.3 Å². The number of thioether (sulfide) groups is 1. The lowest BCUT2D eigenvalue weighted by Crippen LogP contribution is -2.31. The van der Waals surface area contributed by atoms with Gasteiger partial charge in [-0.2, -0.15) is 0 Å². The number of carbonyl (C=O) groups is 3. The number of rotatable bonds is 16. The molecule has 1 aliphatic heterocycles. The van der Waals surface area contributed by atoms with Crippen LogP contribution in [0.4, 0.5) is 22.7 Å². The van der Waals surface area contributed by atoms with Crippen LogP contribution in [0.15, 0.2) is 102 Å². The van der Waals surface area contributed by atoms with Crippen LogP contribution >= 0.6 is 11.8 Å². The molecule has 6 N–H and O–H groups in total. The lowest BCUT2D eigenvalue weighted by atomic mass is 10.0. The molecule has 5 rings (SSSR count). The van der Waals surface area contributed by atoms with Crippen LogP contribution in [0.2, 0.25) is 0 Å². The summed E-state index contributed by atoms with van der Waals surface area (Å²) in [5, 5.41) is 18.2. The Labute approximate surface area is 303 Å². The van der Waals surface area contributed by atoms with E-state index in [0.29, 0.717) is 42.1 Å². The van der Waals surface area contributed by atoms with Crippen LogP contribution < -0.4 is 21.7 Å². The minimum absolute atomic E-state index is 0.0276. The first-order chi connectivity index (χ1) is 24.7. The van der Waals surface area contributed by atoms with Crippen LogP contribution in [0.1, 0.15) is 81.0 Å². The largest absolute Gasteiger partial charge is 0.397 e. The molecule has 1 fully saturated rings. The molecular formula is C40H46N4O6S. The molecule has 1 aliphatic rings. The topological polar surface area (TPSA) is 152 Å². The third-order valence-corrected chi connectivity index (χ3v) is 9.60. The van der Waals surface area contributed by atoms with Crippen molar-refractivity contribution < 1.29 is 29.0 Å². The molecule has 11 heteroatoms. The number of ether oxygens (including phenoxy) is 2. The molecule has 4 aromatic carbocycles. The van der Waals surface area contributed by atoms with Gasteiger partial charge in [-0.25, -0.2) is 0 Å². The Morgan fingerprint density at radius 1 is 0.765 bits per heavy atom. The Hall–Kier alpha value is -4.68. The summed E-state index contributed by atoms with van der Waals surface area (Å²) in [4.78, 5) is 37.5. The molecule has 3 atom stereocenters. The highest BCUT2D eigenvalue weighted by Gasteiger charge is 2.32. The van der Waals surface area contributed by atoms with Crippen LogP contribution in [0.3, 0.4) is 0 Å². The van der Waals surface area contributed by atoms with Gasteiger partial charge in [0.2, 0.25) is 17.7 Å². The van der Waals surface area contributed by atoms with E-state index in [4.69, 9.17) is 15.2 Å². The number of aliphatic hydroxyl groups excluding tert-OH is 1. The molecule has 1 saturated heterocycles. The van der Waals surface area contributed by atoms with Crippen molar-refractivity contribution >= 4 is 52.2 Å². The molecule has 0 aromatic heterocycles. The van der Waals surface area contributed by atoms with Crippen molar-refractivity contribution in [2.75, 3.05) is 27.4 Å². The predicted molar refractivity (Wildman–Crippen MR) is 202 cm³/mol. The molecule has 0 aliphatic carbocycles. The fraction of sp³-hybridized carbons (Fsp3) is 0.325. The van der Waals surface area contributed by atoms with E-state index in [0.717, 1.165) is 53.0 Å². The van der Waals surface area contributed by atoms with Crippen LogP contribution in [-0.2, 0) is 30.5 Å². The Morgan fingerprint density at radius 3 is 2.16 bits per heavy atom. The average Bonchev–Trinajstić information content (AvgIpc) is 3.13. The zero-order valence-corrected chi connectivity index (χ0v) is 29.6. The van der Waals surface area contributed by atoms with E-state index in [2.05, 4.69) is 16.0 Å². The van der Waals surface area contributed by atoms with Gasteiger partial charge in [-0.1, -0.05) is 61.4 Å². The quantitative estimate of drug-likeness (QED) is 0.0446.